The number of amides is 2. The SMILES string of the molecule is COCCc1nc2c(N)nc(C)c(C)c2n1CC(C)(C)N(C(N)=O)C1CCCCC1. The van der Waals surface area contributed by atoms with Gasteiger partial charge in [0.15, 0.2) is 5.82 Å². The van der Waals surface area contributed by atoms with Crippen LogP contribution in [0.5, 0.6) is 0 Å². The Hall–Kier alpha value is -2.35. The number of urea groups is 1. The number of imidazole rings is 1. The molecular weight excluding hydrogens is 380 g/mol. The Bertz CT molecular complexity index is 914. The molecule has 8 heteroatoms. The van der Waals surface area contributed by atoms with Gasteiger partial charge in [-0.15, -0.1) is 0 Å². The van der Waals surface area contributed by atoms with Crippen molar-refractivity contribution >= 4 is 22.9 Å². The first-order valence-electron chi connectivity index (χ1n) is 10.9. The number of methoxy groups -OCH3 is 1. The highest BCUT2D eigenvalue weighted by Crippen LogP contribution is 2.32. The standard InChI is InChI=1S/C22H36N6O2/c1-14-15(2)25-20(23)18-19(14)27(17(26-18)11-12-30-5)13-22(3,4)28(21(24)29)16-9-7-6-8-10-16/h16H,6-13H2,1-5H3,(H2,23,25)(H2,24,29). The van der Waals surface area contributed by atoms with Crippen LogP contribution in [-0.4, -0.2) is 50.8 Å². The van der Waals surface area contributed by atoms with Gasteiger partial charge in [-0.25, -0.2) is 14.8 Å². The zero-order valence-corrected chi connectivity index (χ0v) is 19.0. The molecule has 0 spiro atoms. The van der Waals surface area contributed by atoms with Crippen molar-refractivity contribution < 1.29 is 9.53 Å². The lowest BCUT2D eigenvalue weighted by Crippen LogP contribution is -2.57. The van der Waals surface area contributed by atoms with E-state index in [0.29, 0.717) is 30.9 Å². The Kier molecular flexibility index (Phi) is 6.55. The molecule has 166 valence electrons. The molecule has 1 aliphatic rings. The summed E-state index contributed by atoms with van der Waals surface area (Å²) in [4.78, 5) is 23.7. The predicted octanol–water partition coefficient (Wildman–Crippen LogP) is 3.31. The van der Waals surface area contributed by atoms with Crippen molar-refractivity contribution in [2.24, 2.45) is 5.73 Å². The normalized spacial score (nSPS) is 15.6. The van der Waals surface area contributed by atoms with Crippen molar-refractivity contribution in [3.63, 3.8) is 0 Å². The summed E-state index contributed by atoms with van der Waals surface area (Å²) >= 11 is 0. The van der Waals surface area contributed by atoms with E-state index in [-0.39, 0.29) is 12.1 Å². The fourth-order valence-electron chi connectivity index (χ4n) is 4.88. The van der Waals surface area contributed by atoms with Gasteiger partial charge in [0, 0.05) is 31.8 Å². The smallest absolute Gasteiger partial charge is 0.315 e. The molecule has 0 bridgehead atoms. The van der Waals surface area contributed by atoms with Crippen molar-refractivity contribution in [2.45, 2.75) is 84.3 Å². The molecule has 4 N–H and O–H groups in total. The molecule has 2 amide bonds. The first-order valence-corrected chi connectivity index (χ1v) is 10.9. The van der Waals surface area contributed by atoms with Gasteiger partial charge in [-0.3, -0.25) is 0 Å². The molecule has 0 radical (unpaired) electrons. The van der Waals surface area contributed by atoms with Gasteiger partial charge < -0.3 is 25.7 Å². The summed E-state index contributed by atoms with van der Waals surface area (Å²) in [5, 5.41) is 0. The number of aromatic nitrogens is 3. The van der Waals surface area contributed by atoms with Gasteiger partial charge in [0.1, 0.15) is 11.3 Å². The van der Waals surface area contributed by atoms with E-state index < -0.39 is 5.54 Å². The number of carbonyl (C=O) groups excluding carboxylic acids is 1. The molecule has 8 nitrogen and oxygen atoms in total. The summed E-state index contributed by atoms with van der Waals surface area (Å²) in [7, 11) is 1.68. The van der Waals surface area contributed by atoms with Gasteiger partial charge in [-0.2, -0.15) is 0 Å². The summed E-state index contributed by atoms with van der Waals surface area (Å²) in [6.07, 6.45) is 6.15. The van der Waals surface area contributed by atoms with Crippen molar-refractivity contribution in [3.05, 3.63) is 17.1 Å². The predicted molar refractivity (Wildman–Crippen MR) is 119 cm³/mol. The summed E-state index contributed by atoms with van der Waals surface area (Å²) in [5.41, 5.74) is 15.3. The third-order valence-corrected chi connectivity index (χ3v) is 6.38. The number of carbonyl (C=O) groups is 1. The largest absolute Gasteiger partial charge is 0.384 e. The Morgan fingerprint density at radius 3 is 2.50 bits per heavy atom. The Morgan fingerprint density at radius 1 is 1.23 bits per heavy atom. The number of anilines is 1. The van der Waals surface area contributed by atoms with Crippen LogP contribution in [0.15, 0.2) is 0 Å². The van der Waals surface area contributed by atoms with Crippen LogP contribution in [0.25, 0.3) is 11.0 Å². The lowest BCUT2D eigenvalue weighted by molar-refractivity contribution is 0.0744. The van der Waals surface area contributed by atoms with Crippen LogP contribution >= 0.6 is 0 Å². The molecule has 2 aromatic rings. The third kappa shape index (κ3) is 4.24. The molecule has 2 heterocycles. The van der Waals surface area contributed by atoms with Crippen LogP contribution in [-0.2, 0) is 17.7 Å². The molecular formula is C22H36N6O2. The first-order chi connectivity index (χ1) is 14.2. The summed E-state index contributed by atoms with van der Waals surface area (Å²) in [5.74, 6) is 1.32. The topological polar surface area (TPSA) is 112 Å². The number of nitrogens with zero attached hydrogens (tertiary/aromatic N) is 4. The highest BCUT2D eigenvalue weighted by atomic mass is 16.5. The quantitative estimate of drug-likeness (QED) is 0.719. The third-order valence-electron chi connectivity index (χ3n) is 6.38. The number of rotatable bonds is 7. The average molecular weight is 417 g/mol. The van der Waals surface area contributed by atoms with Gasteiger partial charge in [-0.05, 0) is 46.1 Å². The van der Waals surface area contributed by atoms with Crippen LogP contribution < -0.4 is 11.5 Å². The maximum absolute atomic E-state index is 12.5. The molecule has 0 unspecified atom stereocenters. The maximum Gasteiger partial charge on any atom is 0.315 e. The monoisotopic (exact) mass is 416 g/mol. The second-order valence-electron chi connectivity index (χ2n) is 9.07. The molecule has 0 aromatic carbocycles. The first kappa shape index (κ1) is 22.3. The van der Waals surface area contributed by atoms with Crippen molar-refractivity contribution in [1.82, 2.24) is 19.4 Å². The number of nitrogen functional groups attached to an aromatic ring is 1. The lowest BCUT2D eigenvalue weighted by atomic mass is 9.90. The van der Waals surface area contributed by atoms with E-state index in [2.05, 4.69) is 23.4 Å². The molecule has 0 saturated heterocycles. The molecule has 1 saturated carbocycles. The highest BCUT2D eigenvalue weighted by Gasteiger charge is 2.37. The molecule has 1 aliphatic carbocycles. The second-order valence-corrected chi connectivity index (χ2v) is 9.07. The van der Waals surface area contributed by atoms with Gasteiger partial charge in [-0.1, -0.05) is 19.3 Å². The molecule has 30 heavy (non-hydrogen) atoms. The number of nitrogens with two attached hydrogens (primary N) is 2. The summed E-state index contributed by atoms with van der Waals surface area (Å²) in [6, 6.07) is -0.179. The lowest BCUT2D eigenvalue weighted by Gasteiger charge is -2.44. The minimum absolute atomic E-state index is 0.179. The Labute approximate surface area is 179 Å². The average Bonchev–Trinajstić information content (AvgIpc) is 3.03. The van der Waals surface area contributed by atoms with Crippen LogP contribution in [0.3, 0.4) is 0 Å². The van der Waals surface area contributed by atoms with E-state index in [1.807, 2.05) is 18.7 Å². The van der Waals surface area contributed by atoms with E-state index >= 15 is 0 Å². The second kappa shape index (κ2) is 8.79. The molecule has 0 aliphatic heterocycles. The van der Waals surface area contributed by atoms with Gasteiger partial charge in [0.05, 0.1) is 17.7 Å². The van der Waals surface area contributed by atoms with Crippen molar-refractivity contribution in [1.29, 1.82) is 0 Å². The van der Waals surface area contributed by atoms with Gasteiger partial charge >= 0.3 is 6.03 Å². The number of hydrogen-bond acceptors (Lipinski definition) is 5. The Balaban J connectivity index is 2.08. The minimum atomic E-state index is -0.484. The fraction of sp³-hybridized carbons (Fsp3) is 0.682. The zero-order chi connectivity index (χ0) is 22.1. The maximum atomic E-state index is 12.5. The molecule has 2 aromatic heterocycles. The molecule has 1 fully saturated rings. The number of aryl methyl sites for hydroxylation is 2. The number of hydrogen-bond donors (Lipinski definition) is 2. The number of fused-ring (bicyclic) bond motifs is 1. The molecule has 3 rings (SSSR count). The van der Waals surface area contributed by atoms with Gasteiger partial charge in [0.25, 0.3) is 0 Å². The van der Waals surface area contributed by atoms with Crippen molar-refractivity contribution in [2.75, 3.05) is 19.5 Å². The van der Waals surface area contributed by atoms with E-state index in [0.717, 1.165) is 48.3 Å². The van der Waals surface area contributed by atoms with E-state index in [4.69, 9.17) is 21.2 Å². The Morgan fingerprint density at radius 2 is 1.90 bits per heavy atom. The van der Waals surface area contributed by atoms with E-state index in [1.165, 1.54) is 6.42 Å². The number of pyridine rings is 1. The van der Waals surface area contributed by atoms with Crippen LogP contribution in [0.4, 0.5) is 10.6 Å². The summed E-state index contributed by atoms with van der Waals surface area (Å²) in [6.45, 7) is 9.31. The van der Waals surface area contributed by atoms with Gasteiger partial charge in [0.2, 0.25) is 0 Å². The van der Waals surface area contributed by atoms with Crippen LogP contribution in [0, 0.1) is 13.8 Å². The zero-order valence-electron chi connectivity index (χ0n) is 19.0. The van der Waals surface area contributed by atoms with Crippen LogP contribution in [0.2, 0.25) is 0 Å². The highest BCUT2D eigenvalue weighted by molar-refractivity contribution is 5.88. The van der Waals surface area contributed by atoms with Crippen LogP contribution in [0.1, 0.15) is 63.0 Å². The summed E-state index contributed by atoms with van der Waals surface area (Å²) < 4.78 is 7.50. The van der Waals surface area contributed by atoms with E-state index in [1.54, 1.807) is 7.11 Å². The van der Waals surface area contributed by atoms with E-state index in [9.17, 15) is 4.79 Å². The minimum Gasteiger partial charge on any atom is -0.384 e. The number of primary amides is 1. The molecule has 0 atom stereocenters. The number of ether oxygens (including phenoxy) is 1. The fourth-order valence-corrected chi connectivity index (χ4v) is 4.88. The van der Waals surface area contributed by atoms with Crippen molar-refractivity contribution in [3.8, 4) is 0 Å².